The average Bonchev–Trinajstić information content (AvgIpc) is 2.38. The second-order valence-electron chi connectivity index (χ2n) is 3.87. The molecule has 0 saturated carbocycles. The minimum absolute atomic E-state index is 0.0113. The molecule has 1 aromatic carbocycles. The Bertz CT molecular complexity index is 466. The highest BCUT2D eigenvalue weighted by atomic mass is 35.5. The molecular formula is C13H16ClFN2O2. The van der Waals surface area contributed by atoms with E-state index in [1.807, 2.05) is 7.05 Å². The van der Waals surface area contributed by atoms with Gasteiger partial charge < -0.3 is 15.4 Å². The van der Waals surface area contributed by atoms with Crippen LogP contribution in [0.25, 0.3) is 0 Å². The highest BCUT2D eigenvalue weighted by Gasteiger charge is 2.06. The number of ether oxygens (including phenoxy) is 1. The van der Waals surface area contributed by atoms with Gasteiger partial charge in [-0.3, -0.25) is 4.79 Å². The van der Waals surface area contributed by atoms with Crippen LogP contribution in [0, 0.1) is 5.82 Å². The number of halogens is 2. The summed E-state index contributed by atoms with van der Waals surface area (Å²) in [6.07, 6.45) is 0.637. The molecule has 0 heterocycles. The van der Waals surface area contributed by atoms with E-state index < -0.39 is 5.82 Å². The Morgan fingerprint density at radius 2 is 2.26 bits per heavy atom. The SMILES string of the molecule is C=C(CCNC)NC(=O)COc1ccc(Cl)c(F)c1. The van der Waals surface area contributed by atoms with Gasteiger partial charge in [-0.05, 0) is 25.6 Å². The van der Waals surface area contributed by atoms with Crippen LogP contribution in [0.4, 0.5) is 4.39 Å². The van der Waals surface area contributed by atoms with Gasteiger partial charge in [0.25, 0.3) is 5.91 Å². The number of nitrogens with one attached hydrogen (secondary N) is 2. The molecule has 104 valence electrons. The van der Waals surface area contributed by atoms with Crippen LogP contribution in [0.5, 0.6) is 5.75 Å². The second kappa shape index (κ2) is 7.76. The fourth-order valence-corrected chi connectivity index (χ4v) is 1.40. The van der Waals surface area contributed by atoms with Crippen molar-refractivity contribution in [1.82, 2.24) is 10.6 Å². The lowest BCUT2D eigenvalue weighted by Crippen LogP contribution is -2.29. The van der Waals surface area contributed by atoms with Crippen LogP contribution >= 0.6 is 11.6 Å². The van der Waals surface area contributed by atoms with Crippen LogP contribution in [0.15, 0.2) is 30.5 Å². The molecule has 0 aromatic heterocycles. The number of carbonyl (C=O) groups excluding carboxylic acids is 1. The predicted octanol–water partition coefficient (Wildman–Crippen LogP) is 2.10. The van der Waals surface area contributed by atoms with Crippen molar-refractivity contribution in [2.24, 2.45) is 0 Å². The summed E-state index contributed by atoms with van der Waals surface area (Å²) in [5, 5.41) is 5.55. The van der Waals surface area contributed by atoms with Gasteiger partial charge >= 0.3 is 0 Å². The van der Waals surface area contributed by atoms with Gasteiger partial charge in [-0.15, -0.1) is 0 Å². The summed E-state index contributed by atoms with van der Waals surface area (Å²) in [5.74, 6) is -0.674. The first-order chi connectivity index (χ1) is 9.02. The summed E-state index contributed by atoms with van der Waals surface area (Å²) in [6, 6.07) is 4.00. The Morgan fingerprint density at radius 1 is 1.53 bits per heavy atom. The van der Waals surface area contributed by atoms with Gasteiger partial charge in [-0.25, -0.2) is 4.39 Å². The van der Waals surface area contributed by atoms with E-state index in [4.69, 9.17) is 16.3 Å². The van der Waals surface area contributed by atoms with Gasteiger partial charge in [-0.1, -0.05) is 18.2 Å². The summed E-state index contributed by atoms with van der Waals surface area (Å²) in [6.45, 7) is 4.22. The van der Waals surface area contributed by atoms with E-state index in [0.29, 0.717) is 12.1 Å². The highest BCUT2D eigenvalue weighted by Crippen LogP contribution is 2.20. The minimum Gasteiger partial charge on any atom is -0.484 e. The largest absolute Gasteiger partial charge is 0.484 e. The van der Waals surface area contributed by atoms with Gasteiger partial charge in [-0.2, -0.15) is 0 Å². The van der Waals surface area contributed by atoms with Gasteiger partial charge in [0.05, 0.1) is 5.02 Å². The highest BCUT2D eigenvalue weighted by molar-refractivity contribution is 6.30. The van der Waals surface area contributed by atoms with Crippen LogP contribution in [0.2, 0.25) is 5.02 Å². The van der Waals surface area contributed by atoms with E-state index in [1.54, 1.807) is 0 Å². The fourth-order valence-electron chi connectivity index (χ4n) is 1.29. The van der Waals surface area contributed by atoms with Crippen LogP contribution in [0.3, 0.4) is 0 Å². The molecule has 1 amide bonds. The van der Waals surface area contributed by atoms with Crippen molar-refractivity contribution in [1.29, 1.82) is 0 Å². The molecule has 0 spiro atoms. The molecule has 4 nitrogen and oxygen atoms in total. The Balaban J connectivity index is 2.37. The summed E-state index contributed by atoms with van der Waals surface area (Å²) in [7, 11) is 1.81. The molecule has 0 aliphatic heterocycles. The van der Waals surface area contributed by atoms with Gasteiger partial charge in [0, 0.05) is 18.3 Å². The van der Waals surface area contributed by atoms with Gasteiger partial charge in [0.15, 0.2) is 6.61 Å². The smallest absolute Gasteiger partial charge is 0.262 e. The summed E-state index contributed by atoms with van der Waals surface area (Å²) in [5.41, 5.74) is 0.602. The summed E-state index contributed by atoms with van der Waals surface area (Å²) < 4.78 is 18.3. The Hall–Kier alpha value is -1.59. The van der Waals surface area contributed by atoms with Crippen molar-refractivity contribution in [3.63, 3.8) is 0 Å². The van der Waals surface area contributed by atoms with Crippen molar-refractivity contribution in [3.05, 3.63) is 41.3 Å². The molecular weight excluding hydrogens is 271 g/mol. The molecule has 0 fully saturated rings. The third-order valence-corrected chi connectivity index (χ3v) is 2.56. The standard InChI is InChI=1S/C13H16ClFN2O2/c1-9(5-6-16-2)17-13(18)8-19-10-3-4-11(14)12(15)7-10/h3-4,7,16H,1,5-6,8H2,2H3,(H,17,18). The Kier molecular flexibility index (Phi) is 6.32. The molecule has 0 bridgehead atoms. The lowest BCUT2D eigenvalue weighted by molar-refractivity contribution is -0.122. The minimum atomic E-state index is -0.585. The molecule has 1 rings (SSSR count). The third kappa shape index (κ3) is 5.72. The maximum atomic E-state index is 13.1. The zero-order valence-corrected chi connectivity index (χ0v) is 11.4. The van der Waals surface area contributed by atoms with E-state index in [9.17, 15) is 9.18 Å². The lowest BCUT2D eigenvalue weighted by Gasteiger charge is -2.09. The van der Waals surface area contributed by atoms with Crippen molar-refractivity contribution in [2.75, 3.05) is 20.2 Å². The maximum Gasteiger partial charge on any atom is 0.262 e. The molecule has 0 saturated heterocycles. The van der Waals surface area contributed by atoms with Crippen molar-refractivity contribution in [2.45, 2.75) is 6.42 Å². The number of benzene rings is 1. The number of hydrogen-bond donors (Lipinski definition) is 2. The topological polar surface area (TPSA) is 50.4 Å². The third-order valence-electron chi connectivity index (χ3n) is 2.25. The predicted molar refractivity (Wildman–Crippen MR) is 72.7 cm³/mol. The lowest BCUT2D eigenvalue weighted by atomic mass is 10.3. The quantitative estimate of drug-likeness (QED) is 0.807. The number of rotatable bonds is 7. The van der Waals surface area contributed by atoms with Crippen LogP contribution in [0.1, 0.15) is 6.42 Å². The van der Waals surface area contributed by atoms with Crippen molar-refractivity contribution >= 4 is 17.5 Å². The first-order valence-corrected chi connectivity index (χ1v) is 6.11. The average molecular weight is 287 g/mol. The molecule has 6 heteroatoms. The molecule has 1 aromatic rings. The van der Waals surface area contributed by atoms with Crippen LogP contribution < -0.4 is 15.4 Å². The molecule has 0 radical (unpaired) electrons. The summed E-state index contributed by atoms with van der Waals surface area (Å²) in [4.78, 5) is 11.5. The Labute approximate surface area is 116 Å². The van der Waals surface area contributed by atoms with Crippen LogP contribution in [-0.2, 0) is 4.79 Å². The fraction of sp³-hybridized carbons (Fsp3) is 0.308. The van der Waals surface area contributed by atoms with E-state index in [-0.39, 0.29) is 23.3 Å². The van der Waals surface area contributed by atoms with Gasteiger partial charge in [0.2, 0.25) is 0 Å². The molecule has 19 heavy (non-hydrogen) atoms. The Morgan fingerprint density at radius 3 is 2.89 bits per heavy atom. The molecule has 0 aliphatic rings. The van der Waals surface area contributed by atoms with E-state index in [1.165, 1.54) is 12.1 Å². The molecule has 0 atom stereocenters. The normalized spacial score (nSPS) is 10.1. The zero-order valence-electron chi connectivity index (χ0n) is 10.6. The number of carbonyl (C=O) groups is 1. The number of hydrogen-bond acceptors (Lipinski definition) is 3. The van der Waals surface area contributed by atoms with E-state index >= 15 is 0 Å². The maximum absolute atomic E-state index is 13.1. The zero-order chi connectivity index (χ0) is 14.3. The first kappa shape index (κ1) is 15.5. The molecule has 2 N–H and O–H groups in total. The van der Waals surface area contributed by atoms with Crippen molar-refractivity contribution < 1.29 is 13.9 Å². The number of amides is 1. The summed E-state index contributed by atoms with van der Waals surface area (Å²) >= 11 is 5.53. The second-order valence-corrected chi connectivity index (χ2v) is 4.28. The molecule has 0 unspecified atom stereocenters. The van der Waals surface area contributed by atoms with Crippen LogP contribution in [-0.4, -0.2) is 26.1 Å². The van der Waals surface area contributed by atoms with E-state index in [2.05, 4.69) is 17.2 Å². The van der Waals surface area contributed by atoms with E-state index in [0.717, 1.165) is 12.6 Å². The molecule has 0 aliphatic carbocycles. The van der Waals surface area contributed by atoms with Gasteiger partial charge in [0.1, 0.15) is 11.6 Å². The van der Waals surface area contributed by atoms with Crippen molar-refractivity contribution in [3.8, 4) is 5.75 Å². The monoisotopic (exact) mass is 286 g/mol. The first-order valence-electron chi connectivity index (χ1n) is 5.73.